The number of fused-ring (bicyclic) bond motifs is 1. The number of pyridine rings is 1. The Bertz CT molecular complexity index is 1160. The minimum absolute atomic E-state index is 0.0939. The summed E-state index contributed by atoms with van der Waals surface area (Å²) < 4.78 is 52.5. The minimum atomic E-state index is -4.69. The van der Waals surface area contributed by atoms with Crippen LogP contribution in [0.5, 0.6) is 5.75 Å². The molecule has 3 N–H and O–H groups in total. The molecule has 1 aromatic carbocycles. The molecule has 1 amide bonds. The molecule has 0 aliphatic heterocycles. The van der Waals surface area contributed by atoms with E-state index in [0.717, 1.165) is 6.07 Å². The van der Waals surface area contributed by atoms with Gasteiger partial charge in [0, 0.05) is 18.9 Å². The van der Waals surface area contributed by atoms with Crippen LogP contribution in [-0.2, 0) is 17.5 Å². The number of nitrogens with zero attached hydrogens (tertiary/aromatic N) is 2. The van der Waals surface area contributed by atoms with Crippen molar-refractivity contribution in [3.05, 3.63) is 41.9 Å². The van der Waals surface area contributed by atoms with Crippen molar-refractivity contribution in [1.82, 2.24) is 20.3 Å². The van der Waals surface area contributed by atoms with Crippen molar-refractivity contribution < 1.29 is 32.5 Å². The summed E-state index contributed by atoms with van der Waals surface area (Å²) in [5.74, 6) is 0.216. The second-order valence-corrected chi connectivity index (χ2v) is 8.76. The highest BCUT2D eigenvalue weighted by Gasteiger charge is 2.36. The van der Waals surface area contributed by atoms with Crippen molar-refractivity contribution >= 4 is 17.3 Å². The Hall–Kier alpha value is -3.34. The van der Waals surface area contributed by atoms with Crippen molar-refractivity contribution in [2.45, 2.75) is 45.5 Å². The maximum Gasteiger partial charge on any atom is 0.419 e. The van der Waals surface area contributed by atoms with E-state index in [1.165, 1.54) is 25.4 Å². The molecule has 1 unspecified atom stereocenters. The average molecular weight is 480 g/mol. The Labute approximate surface area is 194 Å². The van der Waals surface area contributed by atoms with Gasteiger partial charge in [0.2, 0.25) is 0 Å². The topological polar surface area (TPSA) is 109 Å². The number of aromatic nitrogens is 3. The van der Waals surface area contributed by atoms with Gasteiger partial charge in [-0.05, 0) is 43.0 Å². The summed E-state index contributed by atoms with van der Waals surface area (Å²) in [5.41, 5.74) is -0.378. The van der Waals surface area contributed by atoms with E-state index in [0.29, 0.717) is 34.5 Å². The maximum absolute atomic E-state index is 14.0. The molecule has 0 saturated carbocycles. The van der Waals surface area contributed by atoms with Gasteiger partial charge in [-0.25, -0.2) is 14.8 Å². The zero-order valence-corrected chi connectivity index (χ0v) is 19.3. The number of nitrogens with one attached hydrogen (secondary N) is 2. The molecule has 0 spiro atoms. The molecule has 2 aromatic heterocycles. The van der Waals surface area contributed by atoms with Gasteiger partial charge in [0.25, 0.3) is 0 Å². The smallest absolute Gasteiger partial charge is 0.419 e. The normalized spacial score (nSPS) is 13.8. The second kappa shape index (κ2) is 9.88. The van der Waals surface area contributed by atoms with E-state index >= 15 is 0 Å². The van der Waals surface area contributed by atoms with E-state index in [9.17, 15) is 18.0 Å². The SMILES string of the molecule is COCc1nc2nccc(-c3ccc(OCC(C)(CC(C)C)NC(=O)O)c(C(F)(F)F)c3)c2[nH]1. The number of hydrogen-bond donors (Lipinski definition) is 3. The third kappa shape index (κ3) is 5.96. The van der Waals surface area contributed by atoms with Crippen molar-refractivity contribution in [2.24, 2.45) is 5.92 Å². The molecule has 0 bridgehead atoms. The lowest BCUT2D eigenvalue weighted by molar-refractivity contribution is -0.139. The van der Waals surface area contributed by atoms with Gasteiger partial charge in [-0.15, -0.1) is 0 Å². The van der Waals surface area contributed by atoms with Gasteiger partial charge in [0.1, 0.15) is 24.8 Å². The van der Waals surface area contributed by atoms with Gasteiger partial charge < -0.3 is 24.9 Å². The van der Waals surface area contributed by atoms with Crippen molar-refractivity contribution in [3.63, 3.8) is 0 Å². The molecule has 3 rings (SSSR count). The number of hydrogen-bond acceptors (Lipinski definition) is 5. The van der Waals surface area contributed by atoms with Gasteiger partial charge in [-0.1, -0.05) is 19.9 Å². The van der Waals surface area contributed by atoms with Crippen LogP contribution >= 0.6 is 0 Å². The molecule has 8 nitrogen and oxygen atoms in total. The number of H-pyrrole nitrogens is 1. The van der Waals surface area contributed by atoms with Gasteiger partial charge in [0.05, 0.1) is 16.6 Å². The number of imidazole rings is 1. The van der Waals surface area contributed by atoms with Crippen LogP contribution in [0.2, 0.25) is 0 Å². The molecule has 0 radical (unpaired) electrons. The summed E-state index contributed by atoms with van der Waals surface area (Å²) in [7, 11) is 1.51. The third-order valence-corrected chi connectivity index (χ3v) is 5.13. The van der Waals surface area contributed by atoms with Gasteiger partial charge in [0.15, 0.2) is 5.65 Å². The van der Waals surface area contributed by atoms with Crippen LogP contribution in [0.4, 0.5) is 18.0 Å². The Morgan fingerprint density at radius 2 is 2.00 bits per heavy atom. The summed E-state index contributed by atoms with van der Waals surface area (Å²) >= 11 is 0. The van der Waals surface area contributed by atoms with Gasteiger partial charge in [-0.2, -0.15) is 13.2 Å². The first-order valence-electron chi connectivity index (χ1n) is 10.6. The number of rotatable bonds is 9. The first kappa shape index (κ1) is 25.3. The third-order valence-electron chi connectivity index (χ3n) is 5.13. The Kier molecular flexibility index (Phi) is 7.35. The van der Waals surface area contributed by atoms with E-state index in [2.05, 4.69) is 20.3 Å². The monoisotopic (exact) mass is 480 g/mol. The molecule has 0 aliphatic rings. The Morgan fingerprint density at radius 3 is 2.62 bits per heavy atom. The standard InChI is InChI=1S/C23H27F3N4O4/c1-13(2)10-22(3,30-21(31)32)12-34-17-6-5-14(9-16(17)23(24,25)26)15-7-8-27-20-19(15)28-18(29-20)11-33-4/h5-9,13,30H,10-12H2,1-4H3,(H,31,32)(H,27,28,29). The summed E-state index contributed by atoms with van der Waals surface area (Å²) in [6, 6.07) is 5.36. The predicted molar refractivity (Wildman–Crippen MR) is 120 cm³/mol. The number of ether oxygens (including phenoxy) is 2. The van der Waals surface area contributed by atoms with Crippen LogP contribution in [-0.4, -0.2) is 45.4 Å². The number of benzene rings is 1. The lowest BCUT2D eigenvalue weighted by Crippen LogP contribution is -2.50. The Morgan fingerprint density at radius 1 is 1.26 bits per heavy atom. The van der Waals surface area contributed by atoms with Crippen molar-refractivity contribution in [2.75, 3.05) is 13.7 Å². The van der Waals surface area contributed by atoms with Crippen LogP contribution in [0.3, 0.4) is 0 Å². The van der Waals surface area contributed by atoms with E-state index in [1.54, 1.807) is 13.0 Å². The summed E-state index contributed by atoms with van der Waals surface area (Å²) in [6.07, 6.45) is -4.10. The lowest BCUT2D eigenvalue weighted by Gasteiger charge is -2.31. The van der Waals surface area contributed by atoms with Crippen LogP contribution in [0.15, 0.2) is 30.5 Å². The van der Waals surface area contributed by atoms with Crippen molar-refractivity contribution in [3.8, 4) is 16.9 Å². The largest absolute Gasteiger partial charge is 0.491 e. The van der Waals surface area contributed by atoms with Crippen LogP contribution in [0, 0.1) is 5.92 Å². The zero-order chi connectivity index (χ0) is 25.1. The molecule has 0 aliphatic carbocycles. The van der Waals surface area contributed by atoms with Gasteiger partial charge >= 0.3 is 12.3 Å². The van der Waals surface area contributed by atoms with E-state index in [-0.39, 0.29) is 24.9 Å². The number of alkyl halides is 3. The molecule has 1 atom stereocenters. The number of carbonyl (C=O) groups is 1. The number of aromatic amines is 1. The van der Waals surface area contributed by atoms with E-state index in [4.69, 9.17) is 14.6 Å². The Balaban J connectivity index is 1.98. The summed E-state index contributed by atoms with van der Waals surface area (Å²) in [5, 5.41) is 11.5. The first-order valence-corrected chi connectivity index (χ1v) is 10.6. The fraction of sp³-hybridized carbons (Fsp3) is 0.435. The van der Waals surface area contributed by atoms with Gasteiger partial charge in [-0.3, -0.25) is 0 Å². The maximum atomic E-state index is 14.0. The number of carboxylic acid groups (broad SMARTS) is 1. The highest BCUT2D eigenvalue weighted by Crippen LogP contribution is 2.40. The second-order valence-electron chi connectivity index (χ2n) is 8.76. The average Bonchev–Trinajstić information content (AvgIpc) is 3.13. The van der Waals surface area contributed by atoms with E-state index < -0.39 is 23.4 Å². The van der Waals surface area contributed by atoms with Crippen LogP contribution < -0.4 is 10.1 Å². The lowest BCUT2D eigenvalue weighted by atomic mass is 9.91. The fourth-order valence-corrected chi connectivity index (χ4v) is 3.99. The molecule has 0 fully saturated rings. The van der Waals surface area contributed by atoms with Crippen molar-refractivity contribution in [1.29, 1.82) is 0 Å². The molecule has 34 heavy (non-hydrogen) atoms. The van der Waals surface area contributed by atoms with E-state index in [1.807, 2.05) is 13.8 Å². The molecule has 2 heterocycles. The quantitative estimate of drug-likeness (QED) is 0.386. The molecule has 11 heteroatoms. The molecular weight excluding hydrogens is 453 g/mol. The van der Waals surface area contributed by atoms with Crippen LogP contribution in [0.1, 0.15) is 38.6 Å². The fourth-order valence-electron chi connectivity index (χ4n) is 3.99. The minimum Gasteiger partial charge on any atom is -0.491 e. The summed E-state index contributed by atoms with van der Waals surface area (Å²) in [4.78, 5) is 22.7. The predicted octanol–water partition coefficient (Wildman–Crippen LogP) is 5.24. The molecule has 0 saturated heterocycles. The molecule has 184 valence electrons. The number of halogens is 3. The molecule has 3 aromatic rings. The first-order chi connectivity index (χ1) is 15.9. The molecular formula is C23H27F3N4O4. The highest BCUT2D eigenvalue weighted by molar-refractivity contribution is 5.90. The highest BCUT2D eigenvalue weighted by atomic mass is 19.4. The van der Waals surface area contributed by atoms with Crippen LogP contribution in [0.25, 0.3) is 22.3 Å². The summed E-state index contributed by atoms with van der Waals surface area (Å²) in [6.45, 7) is 5.32. The zero-order valence-electron chi connectivity index (χ0n) is 19.3. The number of methoxy groups -OCH3 is 1. The number of amides is 1.